The Balaban J connectivity index is 1.63. The minimum absolute atomic E-state index is 0.0723. The van der Waals surface area contributed by atoms with E-state index in [-0.39, 0.29) is 21.2 Å². The molecule has 2 aromatic rings. The minimum Gasteiger partial charge on any atom is -0.448 e. The Labute approximate surface area is 181 Å². The van der Waals surface area contributed by atoms with E-state index in [0.717, 1.165) is 24.2 Å². The first-order chi connectivity index (χ1) is 14.7. The monoisotopic (exact) mass is 474 g/mol. The van der Waals surface area contributed by atoms with Gasteiger partial charge in [0.05, 0.1) is 0 Å². The van der Waals surface area contributed by atoms with Crippen LogP contribution < -0.4 is 10.1 Å². The molecular formula is C19H20F2N2O6S2. The van der Waals surface area contributed by atoms with E-state index >= 15 is 0 Å². The van der Waals surface area contributed by atoms with Crippen LogP contribution in [0.3, 0.4) is 0 Å². The van der Waals surface area contributed by atoms with Crippen molar-refractivity contribution < 1.29 is 36.3 Å². The molecule has 0 aliphatic carbocycles. The van der Waals surface area contributed by atoms with Crippen LogP contribution in [0.1, 0.15) is 29.4 Å². The van der Waals surface area contributed by atoms with Crippen LogP contribution in [0.2, 0.25) is 0 Å². The fourth-order valence-electron chi connectivity index (χ4n) is 2.95. The number of ether oxygens (including phenoxy) is 2. The molecule has 1 saturated heterocycles. The van der Waals surface area contributed by atoms with Crippen molar-refractivity contribution in [3.63, 3.8) is 0 Å². The summed E-state index contributed by atoms with van der Waals surface area (Å²) in [7, 11) is -3.81. The van der Waals surface area contributed by atoms with Crippen molar-refractivity contribution in [3.8, 4) is 5.75 Å². The maximum atomic E-state index is 12.8. The number of amides is 1. The summed E-state index contributed by atoms with van der Waals surface area (Å²) in [5, 5.41) is 3.96. The number of esters is 1. The molecule has 31 heavy (non-hydrogen) atoms. The lowest BCUT2D eigenvalue weighted by Gasteiger charge is -2.17. The Hall–Kier alpha value is -2.57. The van der Waals surface area contributed by atoms with Gasteiger partial charge in [-0.2, -0.15) is 13.1 Å². The first kappa shape index (κ1) is 23.1. The number of anilines is 1. The standard InChI is InChI=1S/C19H20F2N2O6S2/c1-12(17(24)22-13-4-6-14(7-5-13)29-19(20)21)28-18(25)16-15(8-11-30-16)31(26,27)23-9-2-3-10-23/h4-8,11-12,19H,2-3,9-10H2,1H3,(H,22,24)/t12-/m1/s1. The molecule has 12 heteroatoms. The summed E-state index contributed by atoms with van der Waals surface area (Å²) in [6.45, 7) is -0.834. The van der Waals surface area contributed by atoms with Crippen molar-refractivity contribution in [1.29, 1.82) is 0 Å². The molecule has 168 valence electrons. The predicted molar refractivity (Wildman–Crippen MR) is 109 cm³/mol. The lowest BCUT2D eigenvalue weighted by Crippen LogP contribution is -2.31. The average Bonchev–Trinajstić information content (AvgIpc) is 3.41. The van der Waals surface area contributed by atoms with Gasteiger partial charge in [-0.25, -0.2) is 13.2 Å². The summed E-state index contributed by atoms with van der Waals surface area (Å²) < 4.78 is 60.6. The highest BCUT2D eigenvalue weighted by atomic mass is 32.2. The number of nitrogens with zero attached hydrogens (tertiary/aromatic N) is 1. The number of carbonyl (C=O) groups excluding carboxylic acids is 2. The molecule has 8 nitrogen and oxygen atoms in total. The molecule has 0 bridgehead atoms. The number of hydrogen-bond acceptors (Lipinski definition) is 7. The molecule has 1 N–H and O–H groups in total. The zero-order chi connectivity index (χ0) is 22.6. The Morgan fingerprint density at radius 2 is 1.77 bits per heavy atom. The van der Waals surface area contributed by atoms with Gasteiger partial charge in [-0.05, 0) is 55.5 Å². The number of hydrogen-bond donors (Lipinski definition) is 1. The molecule has 1 aromatic carbocycles. The lowest BCUT2D eigenvalue weighted by molar-refractivity contribution is -0.123. The smallest absolute Gasteiger partial charge is 0.387 e. The number of benzene rings is 1. The van der Waals surface area contributed by atoms with Gasteiger partial charge >= 0.3 is 12.6 Å². The summed E-state index contributed by atoms with van der Waals surface area (Å²) >= 11 is 0.920. The third-order valence-corrected chi connectivity index (χ3v) is 7.46. The Morgan fingerprint density at radius 3 is 2.39 bits per heavy atom. The second-order valence-electron chi connectivity index (χ2n) is 6.66. The molecule has 1 amide bonds. The second kappa shape index (κ2) is 9.71. The van der Waals surface area contributed by atoms with Crippen LogP contribution in [0.25, 0.3) is 0 Å². The minimum atomic E-state index is -3.81. The van der Waals surface area contributed by atoms with E-state index in [4.69, 9.17) is 4.74 Å². The van der Waals surface area contributed by atoms with E-state index in [2.05, 4.69) is 10.1 Å². The van der Waals surface area contributed by atoms with E-state index in [1.165, 1.54) is 46.9 Å². The summed E-state index contributed by atoms with van der Waals surface area (Å²) in [5.74, 6) is -1.66. The molecule has 1 aliphatic heterocycles. The van der Waals surface area contributed by atoms with Crippen molar-refractivity contribution in [2.24, 2.45) is 0 Å². The number of carbonyl (C=O) groups is 2. The molecule has 0 saturated carbocycles. The highest BCUT2D eigenvalue weighted by Crippen LogP contribution is 2.28. The maximum Gasteiger partial charge on any atom is 0.387 e. The molecule has 0 spiro atoms. The van der Waals surface area contributed by atoms with Gasteiger partial charge in [-0.1, -0.05) is 0 Å². The first-order valence-corrected chi connectivity index (χ1v) is 11.6. The number of sulfonamides is 1. The zero-order valence-electron chi connectivity index (χ0n) is 16.4. The van der Waals surface area contributed by atoms with Crippen molar-refractivity contribution in [2.75, 3.05) is 18.4 Å². The van der Waals surface area contributed by atoms with Crippen LogP contribution in [0.5, 0.6) is 5.75 Å². The maximum absolute atomic E-state index is 12.8. The fraction of sp³-hybridized carbons (Fsp3) is 0.368. The van der Waals surface area contributed by atoms with Gasteiger partial charge in [-0.3, -0.25) is 4.79 Å². The number of thiophene rings is 1. The van der Waals surface area contributed by atoms with Gasteiger partial charge in [0.25, 0.3) is 5.91 Å². The zero-order valence-corrected chi connectivity index (χ0v) is 18.0. The molecule has 3 rings (SSSR count). The summed E-state index contributed by atoms with van der Waals surface area (Å²) in [6.07, 6.45) is 0.291. The number of rotatable bonds is 8. The lowest BCUT2D eigenvalue weighted by atomic mass is 10.3. The quantitative estimate of drug-likeness (QED) is 0.589. The molecule has 1 fully saturated rings. The van der Waals surface area contributed by atoms with Crippen molar-refractivity contribution in [3.05, 3.63) is 40.6 Å². The van der Waals surface area contributed by atoms with E-state index in [1.54, 1.807) is 0 Å². The highest BCUT2D eigenvalue weighted by Gasteiger charge is 2.33. The van der Waals surface area contributed by atoms with E-state index < -0.39 is 34.6 Å². The van der Waals surface area contributed by atoms with Gasteiger partial charge in [0.1, 0.15) is 15.5 Å². The van der Waals surface area contributed by atoms with Gasteiger partial charge in [0.2, 0.25) is 10.0 Å². The number of alkyl halides is 2. The predicted octanol–water partition coefficient (Wildman–Crippen LogP) is 3.32. The summed E-state index contributed by atoms with van der Waals surface area (Å²) in [4.78, 5) is 24.6. The topological polar surface area (TPSA) is 102 Å². The van der Waals surface area contributed by atoms with Crippen LogP contribution in [0.15, 0.2) is 40.6 Å². The van der Waals surface area contributed by atoms with E-state index in [0.29, 0.717) is 13.1 Å². The van der Waals surface area contributed by atoms with Crippen molar-refractivity contribution >= 4 is 38.9 Å². The van der Waals surface area contributed by atoms with E-state index in [9.17, 15) is 26.8 Å². The van der Waals surface area contributed by atoms with Crippen LogP contribution in [0.4, 0.5) is 14.5 Å². The molecular weight excluding hydrogens is 454 g/mol. The van der Waals surface area contributed by atoms with Crippen LogP contribution in [0, 0.1) is 0 Å². The number of nitrogens with one attached hydrogen (secondary N) is 1. The SMILES string of the molecule is C[C@@H](OC(=O)c1sccc1S(=O)(=O)N1CCCC1)C(=O)Nc1ccc(OC(F)F)cc1. The van der Waals surface area contributed by atoms with Crippen LogP contribution in [-0.2, 0) is 19.6 Å². The largest absolute Gasteiger partial charge is 0.448 e. The van der Waals surface area contributed by atoms with Gasteiger partial charge in [0.15, 0.2) is 6.10 Å². The van der Waals surface area contributed by atoms with Crippen molar-refractivity contribution in [1.82, 2.24) is 4.31 Å². The molecule has 1 aromatic heterocycles. The van der Waals surface area contributed by atoms with E-state index in [1.807, 2.05) is 0 Å². The Bertz CT molecular complexity index is 1030. The summed E-state index contributed by atoms with van der Waals surface area (Å²) in [5.41, 5.74) is 0.280. The van der Waals surface area contributed by atoms with Gasteiger partial charge in [-0.15, -0.1) is 11.3 Å². The van der Waals surface area contributed by atoms with Crippen LogP contribution in [-0.4, -0.2) is 50.4 Å². The van der Waals surface area contributed by atoms with Gasteiger partial charge < -0.3 is 14.8 Å². The van der Waals surface area contributed by atoms with Crippen molar-refractivity contribution in [2.45, 2.75) is 37.4 Å². The molecule has 1 atom stereocenters. The third-order valence-electron chi connectivity index (χ3n) is 4.50. The summed E-state index contributed by atoms with van der Waals surface area (Å²) in [6, 6.07) is 6.55. The molecule has 0 radical (unpaired) electrons. The first-order valence-electron chi connectivity index (χ1n) is 9.33. The molecule has 2 heterocycles. The number of halogens is 2. The fourth-order valence-corrected chi connectivity index (χ4v) is 5.74. The van der Waals surface area contributed by atoms with Crippen LogP contribution >= 0.6 is 11.3 Å². The van der Waals surface area contributed by atoms with Gasteiger partial charge in [0, 0.05) is 18.8 Å². The molecule has 0 unspecified atom stereocenters. The average molecular weight is 475 g/mol. The third kappa shape index (κ3) is 5.57. The Kier molecular flexibility index (Phi) is 7.23. The highest BCUT2D eigenvalue weighted by molar-refractivity contribution is 7.89. The Morgan fingerprint density at radius 1 is 1.13 bits per heavy atom. The molecule has 1 aliphatic rings. The normalized spacial score (nSPS) is 15.6. The second-order valence-corrected chi connectivity index (χ2v) is 9.49.